The van der Waals surface area contributed by atoms with Crippen LogP contribution >= 0.6 is 0 Å². The third-order valence-corrected chi connectivity index (χ3v) is 2.81. The van der Waals surface area contributed by atoms with E-state index < -0.39 is 5.97 Å². The van der Waals surface area contributed by atoms with Crippen molar-refractivity contribution >= 4 is 5.97 Å². The number of carbonyl (C=O) groups is 1. The van der Waals surface area contributed by atoms with Crippen molar-refractivity contribution in [2.45, 2.75) is 18.8 Å². The van der Waals surface area contributed by atoms with Gasteiger partial charge in [0, 0.05) is 12.0 Å². The lowest BCUT2D eigenvalue weighted by Crippen LogP contribution is -2.14. The van der Waals surface area contributed by atoms with Gasteiger partial charge in [-0.05, 0) is 12.8 Å². The van der Waals surface area contributed by atoms with Crippen molar-refractivity contribution in [2.75, 3.05) is 7.11 Å². The summed E-state index contributed by atoms with van der Waals surface area (Å²) in [5.41, 5.74) is -0.248. The maximum Gasteiger partial charge on any atom is 0.377 e. The van der Waals surface area contributed by atoms with E-state index in [0.29, 0.717) is 17.6 Å². The Balaban J connectivity index is 1.99. The summed E-state index contributed by atoms with van der Waals surface area (Å²) in [7, 11) is 1.25. The highest BCUT2D eigenvalue weighted by atomic mass is 16.5. The largest absolute Gasteiger partial charge is 0.463 e. The van der Waals surface area contributed by atoms with Crippen LogP contribution in [0.15, 0.2) is 17.2 Å². The highest BCUT2D eigenvalue weighted by Gasteiger charge is 2.26. The maximum absolute atomic E-state index is 11.6. The first-order chi connectivity index (χ1) is 9.17. The van der Waals surface area contributed by atoms with Crippen LogP contribution in [0, 0.1) is 0 Å². The molecule has 1 aliphatic carbocycles. The van der Waals surface area contributed by atoms with Crippen LogP contribution in [0.4, 0.5) is 0 Å². The van der Waals surface area contributed by atoms with E-state index in [2.05, 4.69) is 24.8 Å². The van der Waals surface area contributed by atoms with Gasteiger partial charge in [0.05, 0.1) is 7.11 Å². The first kappa shape index (κ1) is 11.6. The molecule has 0 spiro atoms. The van der Waals surface area contributed by atoms with Crippen LogP contribution in [0.3, 0.4) is 0 Å². The van der Waals surface area contributed by atoms with E-state index >= 15 is 0 Å². The number of nitrogens with zero attached hydrogens (tertiary/aromatic N) is 4. The van der Waals surface area contributed by atoms with Gasteiger partial charge in [0.2, 0.25) is 0 Å². The fourth-order valence-electron chi connectivity index (χ4n) is 1.69. The van der Waals surface area contributed by atoms with Crippen molar-refractivity contribution in [3.8, 4) is 5.82 Å². The van der Waals surface area contributed by atoms with E-state index in [-0.39, 0.29) is 11.4 Å². The monoisotopic (exact) mass is 261 g/mol. The molecule has 1 saturated carbocycles. The smallest absolute Gasteiger partial charge is 0.377 e. The van der Waals surface area contributed by atoms with Crippen LogP contribution < -0.4 is 5.56 Å². The highest BCUT2D eigenvalue weighted by Crippen LogP contribution is 2.37. The molecule has 2 aromatic rings. The summed E-state index contributed by atoms with van der Waals surface area (Å²) in [5, 5.41) is 3.93. The standard InChI is InChI=1S/C11H11N5O3/c1-19-11(18)10-12-5-16(15-10)7-4-8(17)14-9(13-7)6-2-3-6/h4-6H,2-3H2,1H3,(H,13,14,17). The molecule has 0 bridgehead atoms. The van der Waals surface area contributed by atoms with Crippen molar-refractivity contribution in [2.24, 2.45) is 0 Å². The lowest BCUT2D eigenvalue weighted by Gasteiger charge is -2.01. The molecular weight excluding hydrogens is 250 g/mol. The number of esters is 1. The number of nitrogens with one attached hydrogen (secondary N) is 1. The molecule has 98 valence electrons. The Hall–Kier alpha value is -2.51. The molecule has 0 saturated heterocycles. The van der Waals surface area contributed by atoms with Gasteiger partial charge >= 0.3 is 5.97 Å². The molecule has 2 heterocycles. The lowest BCUT2D eigenvalue weighted by atomic mass is 10.4. The number of aromatic amines is 1. The lowest BCUT2D eigenvalue weighted by molar-refractivity contribution is 0.0587. The van der Waals surface area contributed by atoms with E-state index in [4.69, 9.17) is 0 Å². The Bertz CT molecular complexity index is 686. The topological polar surface area (TPSA) is 103 Å². The maximum atomic E-state index is 11.6. The Morgan fingerprint density at radius 3 is 3.00 bits per heavy atom. The molecule has 1 fully saturated rings. The average Bonchev–Trinajstić information content (AvgIpc) is 3.14. The van der Waals surface area contributed by atoms with E-state index in [0.717, 1.165) is 12.8 Å². The van der Waals surface area contributed by atoms with Gasteiger partial charge in [0.1, 0.15) is 12.2 Å². The van der Waals surface area contributed by atoms with Crippen molar-refractivity contribution in [3.63, 3.8) is 0 Å². The third-order valence-electron chi connectivity index (χ3n) is 2.81. The fourth-order valence-corrected chi connectivity index (χ4v) is 1.69. The van der Waals surface area contributed by atoms with Crippen LogP contribution in [0.25, 0.3) is 5.82 Å². The zero-order valence-corrected chi connectivity index (χ0v) is 10.2. The molecule has 0 amide bonds. The molecule has 8 nitrogen and oxygen atoms in total. The molecule has 0 aliphatic heterocycles. The summed E-state index contributed by atoms with van der Waals surface area (Å²) >= 11 is 0. The Kier molecular flexibility index (Phi) is 2.62. The van der Waals surface area contributed by atoms with E-state index in [1.807, 2.05) is 0 Å². The predicted molar refractivity (Wildman–Crippen MR) is 63.1 cm³/mol. The molecule has 0 unspecified atom stereocenters. The molecule has 19 heavy (non-hydrogen) atoms. The van der Waals surface area contributed by atoms with Crippen molar-refractivity contribution in [3.05, 3.63) is 34.4 Å². The number of rotatable bonds is 3. The van der Waals surface area contributed by atoms with Crippen molar-refractivity contribution in [1.82, 2.24) is 24.7 Å². The van der Waals surface area contributed by atoms with E-state index in [1.165, 1.54) is 24.2 Å². The second-order valence-electron chi connectivity index (χ2n) is 4.27. The third kappa shape index (κ3) is 2.24. The minimum Gasteiger partial charge on any atom is -0.463 e. The van der Waals surface area contributed by atoms with Gasteiger partial charge in [0.25, 0.3) is 11.4 Å². The molecular formula is C11H11N5O3. The number of H-pyrrole nitrogens is 1. The summed E-state index contributed by atoms with van der Waals surface area (Å²) in [5.74, 6) is 0.603. The second-order valence-corrected chi connectivity index (χ2v) is 4.27. The summed E-state index contributed by atoms with van der Waals surface area (Å²) < 4.78 is 5.80. The Morgan fingerprint density at radius 1 is 1.53 bits per heavy atom. The number of carbonyl (C=O) groups excluding carboxylic acids is 1. The molecule has 0 atom stereocenters. The summed E-state index contributed by atoms with van der Waals surface area (Å²) in [4.78, 5) is 33.7. The van der Waals surface area contributed by atoms with E-state index in [9.17, 15) is 9.59 Å². The molecule has 0 aromatic carbocycles. The molecule has 1 N–H and O–H groups in total. The molecule has 8 heteroatoms. The summed E-state index contributed by atoms with van der Waals surface area (Å²) in [6, 6.07) is 1.31. The molecule has 2 aromatic heterocycles. The van der Waals surface area contributed by atoms with Crippen LogP contribution in [-0.4, -0.2) is 37.8 Å². The zero-order valence-electron chi connectivity index (χ0n) is 10.2. The Labute approximate surface area is 107 Å². The van der Waals surface area contributed by atoms with Crippen LogP contribution in [0.5, 0.6) is 0 Å². The number of hydrogen-bond donors (Lipinski definition) is 1. The normalized spacial score (nSPS) is 14.4. The number of ether oxygens (including phenoxy) is 1. The van der Waals surface area contributed by atoms with E-state index in [1.54, 1.807) is 0 Å². The van der Waals surface area contributed by atoms with Gasteiger partial charge in [-0.25, -0.2) is 19.4 Å². The Morgan fingerprint density at radius 2 is 2.32 bits per heavy atom. The van der Waals surface area contributed by atoms with Gasteiger partial charge in [0.15, 0.2) is 5.82 Å². The quantitative estimate of drug-likeness (QED) is 0.781. The molecule has 0 radical (unpaired) electrons. The number of aromatic nitrogens is 5. The fraction of sp³-hybridized carbons (Fsp3) is 0.364. The first-order valence-electron chi connectivity index (χ1n) is 5.79. The molecule has 3 rings (SSSR count). The summed E-state index contributed by atoms with van der Waals surface area (Å²) in [6.07, 6.45) is 3.37. The van der Waals surface area contributed by atoms with Gasteiger partial charge in [-0.1, -0.05) is 0 Å². The zero-order chi connectivity index (χ0) is 13.4. The summed E-state index contributed by atoms with van der Waals surface area (Å²) in [6.45, 7) is 0. The predicted octanol–water partition coefficient (Wildman–Crippen LogP) is 0.0146. The average molecular weight is 261 g/mol. The van der Waals surface area contributed by atoms with Gasteiger partial charge in [-0.2, -0.15) is 0 Å². The van der Waals surface area contributed by atoms with Gasteiger partial charge in [-0.3, -0.25) is 4.79 Å². The first-order valence-corrected chi connectivity index (χ1v) is 5.79. The minimum absolute atomic E-state index is 0.0717. The van der Waals surface area contributed by atoms with Crippen LogP contribution in [0.1, 0.15) is 35.2 Å². The SMILES string of the molecule is COC(=O)c1ncn(-c2cc(=O)[nH]c(C3CC3)n2)n1. The van der Waals surface area contributed by atoms with Gasteiger partial charge < -0.3 is 9.72 Å². The van der Waals surface area contributed by atoms with Crippen LogP contribution in [0.2, 0.25) is 0 Å². The van der Waals surface area contributed by atoms with Crippen LogP contribution in [-0.2, 0) is 4.74 Å². The minimum atomic E-state index is -0.633. The molecule has 1 aliphatic rings. The van der Waals surface area contributed by atoms with Crippen molar-refractivity contribution < 1.29 is 9.53 Å². The van der Waals surface area contributed by atoms with Gasteiger partial charge in [-0.15, -0.1) is 5.10 Å². The second kappa shape index (κ2) is 4.30. The highest BCUT2D eigenvalue weighted by molar-refractivity contribution is 5.84. The number of methoxy groups -OCH3 is 1. The van der Waals surface area contributed by atoms with Crippen molar-refractivity contribution in [1.29, 1.82) is 0 Å². The number of hydrogen-bond acceptors (Lipinski definition) is 6.